The molecule has 24 heavy (non-hydrogen) atoms. The fourth-order valence-electron chi connectivity index (χ4n) is 2.04. The fraction of sp³-hybridized carbons (Fsp3) is 0.333. The second-order valence-corrected chi connectivity index (χ2v) is 8.23. The molecular formula is C15H18ClN3O3S2. The van der Waals surface area contributed by atoms with E-state index in [0.717, 1.165) is 4.88 Å². The highest BCUT2D eigenvalue weighted by Gasteiger charge is 2.19. The number of aromatic nitrogens is 1. The number of aryl methyl sites for hydroxylation is 1. The molecule has 0 aliphatic carbocycles. The minimum atomic E-state index is -3.76. The monoisotopic (exact) mass is 387 g/mol. The normalized spacial score (nSPS) is 11.3. The summed E-state index contributed by atoms with van der Waals surface area (Å²) in [5.74, 6) is -0.0393. The lowest BCUT2D eigenvalue weighted by Gasteiger charge is -2.09. The van der Waals surface area contributed by atoms with Crippen LogP contribution >= 0.6 is 22.9 Å². The van der Waals surface area contributed by atoms with Crippen LogP contribution in [0.25, 0.3) is 0 Å². The molecule has 0 aliphatic rings. The summed E-state index contributed by atoms with van der Waals surface area (Å²) in [7, 11) is -3.76. The molecule has 9 heteroatoms. The number of anilines is 1. The average Bonchev–Trinajstić information content (AvgIpc) is 2.95. The van der Waals surface area contributed by atoms with Gasteiger partial charge in [-0.25, -0.2) is 13.4 Å². The highest BCUT2D eigenvalue weighted by molar-refractivity contribution is 7.93. The lowest BCUT2D eigenvalue weighted by atomic mass is 10.2. The van der Waals surface area contributed by atoms with Gasteiger partial charge >= 0.3 is 0 Å². The molecule has 0 aliphatic heterocycles. The summed E-state index contributed by atoms with van der Waals surface area (Å²) in [6, 6.07) is 4.72. The molecule has 6 nitrogen and oxygen atoms in total. The Hall–Kier alpha value is -1.64. The number of halogens is 1. The number of nitrogens with zero attached hydrogens (tertiary/aromatic N) is 1. The van der Waals surface area contributed by atoms with Gasteiger partial charge in [-0.3, -0.25) is 9.52 Å². The van der Waals surface area contributed by atoms with Crippen LogP contribution in [-0.2, 0) is 21.2 Å². The Bertz CT molecular complexity index is 834. The Balaban J connectivity index is 2.08. The number of sulfonamides is 1. The molecule has 0 saturated heterocycles. The van der Waals surface area contributed by atoms with Gasteiger partial charge in [0.25, 0.3) is 10.0 Å². The average molecular weight is 388 g/mol. The molecule has 2 rings (SSSR count). The lowest BCUT2D eigenvalue weighted by Crippen LogP contribution is -2.22. The van der Waals surface area contributed by atoms with Crippen LogP contribution in [0.4, 0.5) is 5.13 Å². The molecule has 0 fully saturated rings. The van der Waals surface area contributed by atoms with Crippen LogP contribution in [-0.4, -0.2) is 25.9 Å². The second kappa shape index (κ2) is 7.96. The number of carbonyl (C=O) groups excluding carboxylic acids is 1. The number of amides is 1. The number of hydrogen-bond donors (Lipinski definition) is 2. The molecule has 0 spiro atoms. The smallest absolute Gasteiger partial charge is 0.263 e. The van der Waals surface area contributed by atoms with Crippen molar-refractivity contribution in [3.8, 4) is 0 Å². The van der Waals surface area contributed by atoms with E-state index in [-0.39, 0.29) is 15.9 Å². The molecule has 0 atom stereocenters. The van der Waals surface area contributed by atoms with Crippen molar-refractivity contribution in [2.45, 2.75) is 31.6 Å². The van der Waals surface area contributed by atoms with E-state index in [4.69, 9.17) is 11.6 Å². The molecule has 130 valence electrons. The quantitative estimate of drug-likeness (QED) is 0.764. The molecule has 0 saturated carbocycles. The van der Waals surface area contributed by atoms with E-state index in [9.17, 15) is 13.2 Å². The van der Waals surface area contributed by atoms with Crippen molar-refractivity contribution in [2.24, 2.45) is 0 Å². The molecule has 0 radical (unpaired) electrons. The Kier molecular flexibility index (Phi) is 6.20. The molecule has 1 heterocycles. The Morgan fingerprint density at radius 1 is 1.38 bits per heavy atom. The van der Waals surface area contributed by atoms with Crippen molar-refractivity contribution in [3.63, 3.8) is 0 Å². The zero-order chi connectivity index (χ0) is 17.7. The number of carbonyl (C=O) groups is 1. The van der Waals surface area contributed by atoms with Crippen molar-refractivity contribution in [1.29, 1.82) is 0 Å². The maximum absolute atomic E-state index is 12.5. The number of thiazole rings is 1. The molecule has 2 N–H and O–H groups in total. The van der Waals surface area contributed by atoms with Gasteiger partial charge in [-0.05, 0) is 38.0 Å². The maximum Gasteiger partial charge on any atom is 0.263 e. The maximum atomic E-state index is 12.5. The molecule has 1 aromatic heterocycles. The molecule has 1 aromatic carbocycles. The summed E-state index contributed by atoms with van der Waals surface area (Å²) in [5.41, 5.74) is 0.486. The SMILES string of the molecule is CCNC(=O)CCc1cnc(NS(=O)(=O)c2cccc(Cl)c2C)s1. The molecule has 0 unspecified atom stereocenters. The summed E-state index contributed by atoms with van der Waals surface area (Å²) in [6.07, 6.45) is 2.43. The standard InChI is InChI=1S/C15H18ClN3O3S2/c1-3-17-14(20)8-7-11-9-18-15(23-11)19-24(21,22)13-6-4-5-12(16)10(13)2/h4-6,9H,3,7-8H2,1-2H3,(H,17,20)(H,18,19). The highest BCUT2D eigenvalue weighted by atomic mass is 35.5. The zero-order valence-corrected chi connectivity index (χ0v) is 15.7. The van der Waals surface area contributed by atoms with E-state index in [2.05, 4.69) is 15.0 Å². The minimum absolute atomic E-state index is 0.0393. The Morgan fingerprint density at radius 3 is 2.83 bits per heavy atom. The van der Waals surface area contributed by atoms with Crippen molar-refractivity contribution < 1.29 is 13.2 Å². The van der Waals surface area contributed by atoms with Gasteiger partial charge < -0.3 is 5.32 Å². The number of rotatable bonds is 7. The fourth-order valence-corrected chi connectivity index (χ4v) is 4.59. The summed E-state index contributed by atoms with van der Waals surface area (Å²) < 4.78 is 27.4. The lowest BCUT2D eigenvalue weighted by molar-refractivity contribution is -0.120. The Labute approximate surface area is 150 Å². The number of nitrogens with one attached hydrogen (secondary N) is 2. The minimum Gasteiger partial charge on any atom is -0.356 e. The van der Waals surface area contributed by atoms with E-state index < -0.39 is 10.0 Å². The first-order valence-electron chi connectivity index (χ1n) is 7.33. The molecular weight excluding hydrogens is 370 g/mol. The van der Waals surface area contributed by atoms with Crippen molar-refractivity contribution in [1.82, 2.24) is 10.3 Å². The first kappa shape index (κ1) is 18.7. The number of hydrogen-bond acceptors (Lipinski definition) is 5. The second-order valence-electron chi connectivity index (χ2n) is 5.05. The van der Waals surface area contributed by atoms with Crippen molar-refractivity contribution >= 4 is 44.0 Å². The van der Waals surface area contributed by atoms with Crippen LogP contribution in [0.5, 0.6) is 0 Å². The van der Waals surface area contributed by atoms with Gasteiger partial charge in [0.05, 0.1) is 4.90 Å². The van der Waals surface area contributed by atoms with Gasteiger partial charge in [-0.1, -0.05) is 17.7 Å². The zero-order valence-electron chi connectivity index (χ0n) is 13.3. The topological polar surface area (TPSA) is 88.2 Å². The molecule has 2 aromatic rings. The van der Waals surface area contributed by atoms with E-state index >= 15 is 0 Å². The largest absolute Gasteiger partial charge is 0.356 e. The predicted molar refractivity (Wildman–Crippen MR) is 96.1 cm³/mol. The molecule has 1 amide bonds. The Morgan fingerprint density at radius 2 is 2.12 bits per heavy atom. The third-order valence-electron chi connectivity index (χ3n) is 3.26. The van der Waals surface area contributed by atoms with Crippen LogP contribution in [0, 0.1) is 6.92 Å². The van der Waals surface area contributed by atoms with Crippen LogP contribution in [0.1, 0.15) is 23.8 Å². The predicted octanol–water partition coefficient (Wildman–Crippen LogP) is 2.97. The third-order valence-corrected chi connectivity index (χ3v) is 6.25. The first-order valence-corrected chi connectivity index (χ1v) is 10.0. The van der Waals surface area contributed by atoms with Crippen LogP contribution in [0.3, 0.4) is 0 Å². The van der Waals surface area contributed by atoms with Gasteiger partial charge in [-0.15, -0.1) is 11.3 Å². The number of benzene rings is 1. The summed E-state index contributed by atoms with van der Waals surface area (Å²) in [6.45, 7) is 4.09. The van der Waals surface area contributed by atoms with E-state index in [1.807, 2.05) is 6.92 Å². The first-order chi connectivity index (χ1) is 11.3. The highest BCUT2D eigenvalue weighted by Crippen LogP contribution is 2.26. The summed E-state index contributed by atoms with van der Waals surface area (Å²) in [4.78, 5) is 16.5. The van der Waals surface area contributed by atoms with Crippen LogP contribution < -0.4 is 10.0 Å². The van der Waals surface area contributed by atoms with Gasteiger partial charge in [-0.2, -0.15) is 0 Å². The van der Waals surface area contributed by atoms with Crippen molar-refractivity contribution in [2.75, 3.05) is 11.3 Å². The van der Waals surface area contributed by atoms with Crippen molar-refractivity contribution in [3.05, 3.63) is 39.9 Å². The third kappa shape index (κ3) is 4.68. The van der Waals surface area contributed by atoms with Crippen LogP contribution in [0.2, 0.25) is 5.02 Å². The molecule has 0 bridgehead atoms. The summed E-state index contributed by atoms with van der Waals surface area (Å²) in [5, 5.41) is 3.37. The van der Waals surface area contributed by atoms with Gasteiger partial charge in [0.15, 0.2) is 5.13 Å². The van der Waals surface area contributed by atoms with Gasteiger partial charge in [0.2, 0.25) is 5.91 Å². The van der Waals surface area contributed by atoms with Gasteiger partial charge in [0.1, 0.15) is 0 Å². The van der Waals surface area contributed by atoms with Crippen LogP contribution in [0.15, 0.2) is 29.3 Å². The summed E-state index contributed by atoms with van der Waals surface area (Å²) >= 11 is 7.19. The van der Waals surface area contributed by atoms with Gasteiger partial charge in [0, 0.05) is 29.1 Å². The van der Waals surface area contributed by atoms with E-state index in [1.54, 1.807) is 25.3 Å². The van der Waals surface area contributed by atoms with E-state index in [0.29, 0.717) is 30.0 Å². The van der Waals surface area contributed by atoms with E-state index in [1.165, 1.54) is 17.4 Å².